The van der Waals surface area contributed by atoms with E-state index in [0.717, 1.165) is 19.5 Å². The van der Waals surface area contributed by atoms with Crippen molar-refractivity contribution in [2.75, 3.05) is 13.1 Å². The van der Waals surface area contributed by atoms with Crippen LogP contribution in [0.15, 0.2) is 48.8 Å². The van der Waals surface area contributed by atoms with Crippen LogP contribution in [-0.2, 0) is 0 Å². The molecule has 2 nitrogen and oxygen atoms in total. The highest BCUT2D eigenvalue weighted by Crippen LogP contribution is 2.15. The fourth-order valence-electron chi connectivity index (χ4n) is 2.16. The van der Waals surface area contributed by atoms with Gasteiger partial charge in [-0.05, 0) is 47.8 Å². The summed E-state index contributed by atoms with van der Waals surface area (Å²) in [6, 6.07) is 8.60. The standard InChI is InChI=1S/C15H16N2/c1-2-9-17(10-3-1)11-7-13-4-5-15-14(12-13)6-8-16-15/h1-2,4-8,11-12,16H,3,9-10H2/b11-7+. The number of nitrogens with one attached hydrogen (secondary N) is 1. The average Bonchev–Trinajstić information content (AvgIpc) is 2.85. The van der Waals surface area contributed by atoms with E-state index in [9.17, 15) is 0 Å². The average molecular weight is 224 g/mol. The van der Waals surface area contributed by atoms with E-state index in [1.165, 1.54) is 16.5 Å². The molecule has 0 amide bonds. The Bertz CT molecular complexity index is 563. The molecule has 2 aromatic rings. The van der Waals surface area contributed by atoms with Crippen LogP contribution in [0.4, 0.5) is 0 Å². The van der Waals surface area contributed by atoms with Crippen molar-refractivity contribution in [1.29, 1.82) is 0 Å². The summed E-state index contributed by atoms with van der Waals surface area (Å²) in [7, 11) is 0. The lowest BCUT2D eigenvalue weighted by molar-refractivity contribution is 0.412. The van der Waals surface area contributed by atoms with E-state index < -0.39 is 0 Å². The number of benzene rings is 1. The molecule has 1 aliphatic rings. The van der Waals surface area contributed by atoms with Crippen LogP contribution in [0.3, 0.4) is 0 Å². The minimum Gasteiger partial charge on any atom is -0.373 e. The number of aromatic nitrogens is 1. The van der Waals surface area contributed by atoms with Crippen LogP contribution in [0.25, 0.3) is 17.0 Å². The zero-order chi connectivity index (χ0) is 11.5. The van der Waals surface area contributed by atoms with Crippen molar-refractivity contribution in [3.05, 3.63) is 54.4 Å². The summed E-state index contributed by atoms with van der Waals surface area (Å²) in [5, 5.41) is 1.27. The fraction of sp³-hybridized carbons (Fsp3) is 0.200. The molecule has 0 spiro atoms. The maximum atomic E-state index is 3.21. The second kappa shape index (κ2) is 4.50. The van der Waals surface area contributed by atoms with Crippen molar-refractivity contribution in [3.8, 4) is 0 Å². The number of fused-ring (bicyclic) bond motifs is 1. The fourth-order valence-corrected chi connectivity index (χ4v) is 2.16. The molecule has 0 saturated carbocycles. The van der Waals surface area contributed by atoms with E-state index in [1.807, 2.05) is 6.20 Å². The zero-order valence-corrected chi connectivity index (χ0v) is 9.76. The molecule has 1 aromatic heterocycles. The van der Waals surface area contributed by atoms with Gasteiger partial charge in [0.1, 0.15) is 0 Å². The molecule has 1 aromatic carbocycles. The van der Waals surface area contributed by atoms with E-state index in [1.54, 1.807) is 0 Å². The first-order chi connectivity index (χ1) is 8.42. The van der Waals surface area contributed by atoms with Crippen LogP contribution in [0.2, 0.25) is 0 Å². The van der Waals surface area contributed by atoms with Crippen molar-refractivity contribution >= 4 is 17.0 Å². The van der Waals surface area contributed by atoms with Crippen molar-refractivity contribution in [2.45, 2.75) is 6.42 Å². The molecule has 2 heterocycles. The highest BCUT2D eigenvalue weighted by molar-refractivity contribution is 5.81. The third-order valence-corrected chi connectivity index (χ3v) is 3.14. The summed E-state index contributed by atoms with van der Waals surface area (Å²) in [6.45, 7) is 2.16. The van der Waals surface area contributed by atoms with Crippen LogP contribution in [0.1, 0.15) is 12.0 Å². The molecular weight excluding hydrogens is 208 g/mol. The van der Waals surface area contributed by atoms with Crippen molar-refractivity contribution in [1.82, 2.24) is 9.88 Å². The summed E-state index contributed by atoms with van der Waals surface area (Å²) in [5.41, 5.74) is 2.45. The van der Waals surface area contributed by atoms with E-state index in [0.29, 0.717) is 0 Å². The Balaban J connectivity index is 1.79. The Morgan fingerprint density at radius 1 is 1.18 bits per heavy atom. The summed E-state index contributed by atoms with van der Waals surface area (Å²) in [5.74, 6) is 0. The molecular formula is C15H16N2. The van der Waals surface area contributed by atoms with E-state index in [4.69, 9.17) is 0 Å². The van der Waals surface area contributed by atoms with Crippen LogP contribution in [0, 0.1) is 0 Å². The van der Waals surface area contributed by atoms with Gasteiger partial charge in [0.25, 0.3) is 0 Å². The van der Waals surface area contributed by atoms with Crippen LogP contribution in [-0.4, -0.2) is 23.0 Å². The van der Waals surface area contributed by atoms with Crippen LogP contribution in [0.5, 0.6) is 0 Å². The van der Waals surface area contributed by atoms with Gasteiger partial charge in [-0.1, -0.05) is 18.2 Å². The second-order valence-corrected chi connectivity index (χ2v) is 4.40. The number of nitrogens with zero attached hydrogens (tertiary/aromatic N) is 1. The lowest BCUT2D eigenvalue weighted by Crippen LogP contribution is -2.20. The lowest BCUT2D eigenvalue weighted by atomic mass is 10.1. The minimum atomic E-state index is 1.03. The van der Waals surface area contributed by atoms with Crippen LogP contribution < -0.4 is 0 Å². The van der Waals surface area contributed by atoms with Crippen molar-refractivity contribution in [3.63, 3.8) is 0 Å². The maximum absolute atomic E-state index is 3.21. The molecule has 2 heteroatoms. The largest absolute Gasteiger partial charge is 0.373 e. The number of hydrogen-bond donors (Lipinski definition) is 1. The van der Waals surface area contributed by atoms with E-state index >= 15 is 0 Å². The van der Waals surface area contributed by atoms with Crippen LogP contribution >= 0.6 is 0 Å². The van der Waals surface area contributed by atoms with Gasteiger partial charge in [0.2, 0.25) is 0 Å². The predicted molar refractivity (Wildman–Crippen MR) is 72.7 cm³/mol. The van der Waals surface area contributed by atoms with Gasteiger partial charge in [-0.15, -0.1) is 0 Å². The van der Waals surface area contributed by atoms with Gasteiger partial charge in [-0.3, -0.25) is 0 Å². The maximum Gasteiger partial charge on any atom is 0.0454 e. The molecule has 0 unspecified atom stereocenters. The Morgan fingerprint density at radius 2 is 2.18 bits per heavy atom. The molecule has 17 heavy (non-hydrogen) atoms. The number of H-pyrrole nitrogens is 1. The molecule has 0 fully saturated rings. The number of rotatable bonds is 2. The number of hydrogen-bond acceptors (Lipinski definition) is 1. The molecule has 0 radical (unpaired) electrons. The first-order valence-electron chi connectivity index (χ1n) is 6.06. The summed E-state index contributed by atoms with van der Waals surface area (Å²) >= 11 is 0. The topological polar surface area (TPSA) is 19.0 Å². The summed E-state index contributed by atoms with van der Waals surface area (Å²) in [4.78, 5) is 5.54. The molecule has 0 bridgehead atoms. The molecule has 1 N–H and O–H groups in total. The molecule has 86 valence electrons. The number of aromatic amines is 1. The van der Waals surface area contributed by atoms with Gasteiger partial charge >= 0.3 is 0 Å². The third kappa shape index (κ3) is 2.26. The monoisotopic (exact) mass is 224 g/mol. The molecule has 1 aliphatic heterocycles. The quantitative estimate of drug-likeness (QED) is 0.775. The second-order valence-electron chi connectivity index (χ2n) is 4.40. The van der Waals surface area contributed by atoms with Crippen molar-refractivity contribution < 1.29 is 0 Å². The Kier molecular flexibility index (Phi) is 2.70. The van der Waals surface area contributed by atoms with E-state index in [2.05, 4.69) is 58.6 Å². The highest BCUT2D eigenvalue weighted by Gasteiger charge is 2.00. The first kappa shape index (κ1) is 10.2. The molecule has 0 atom stereocenters. The lowest BCUT2D eigenvalue weighted by Gasteiger charge is -2.20. The van der Waals surface area contributed by atoms with E-state index in [-0.39, 0.29) is 0 Å². The molecule has 0 saturated heterocycles. The smallest absolute Gasteiger partial charge is 0.0454 e. The predicted octanol–water partition coefficient (Wildman–Crippen LogP) is 3.40. The van der Waals surface area contributed by atoms with Gasteiger partial charge in [0.15, 0.2) is 0 Å². The van der Waals surface area contributed by atoms with Gasteiger partial charge in [-0.25, -0.2) is 0 Å². The highest BCUT2D eigenvalue weighted by atomic mass is 15.1. The Labute approximate surface area is 101 Å². The summed E-state index contributed by atoms with van der Waals surface area (Å²) < 4.78 is 0. The SMILES string of the molecule is C1=CCN(/C=C/c2ccc3[nH]ccc3c2)CC1. The van der Waals surface area contributed by atoms with Gasteiger partial charge < -0.3 is 9.88 Å². The van der Waals surface area contributed by atoms with Crippen molar-refractivity contribution in [2.24, 2.45) is 0 Å². The Hall–Kier alpha value is -1.96. The van der Waals surface area contributed by atoms with Gasteiger partial charge in [-0.2, -0.15) is 0 Å². The first-order valence-corrected chi connectivity index (χ1v) is 6.06. The summed E-state index contributed by atoms with van der Waals surface area (Å²) in [6.07, 6.45) is 12.0. The van der Waals surface area contributed by atoms with Gasteiger partial charge in [0, 0.05) is 24.8 Å². The Morgan fingerprint density at radius 3 is 3.06 bits per heavy atom. The third-order valence-electron chi connectivity index (χ3n) is 3.14. The normalized spacial score (nSPS) is 16.1. The minimum absolute atomic E-state index is 1.03. The zero-order valence-electron chi connectivity index (χ0n) is 9.76. The molecule has 3 rings (SSSR count). The molecule has 0 aliphatic carbocycles. The van der Waals surface area contributed by atoms with Gasteiger partial charge in [0.05, 0.1) is 0 Å².